The molecule has 0 aliphatic carbocycles. The van der Waals surface area contributed by atoms with Crippen molar-refractivity contribution in [3.05, 3.63) is 0 Å². The summed E-state index contributed by atoms with van der Waals surface area (Å²) in [7, 11) is -3.31. The van der Waals surface area contributed by atoms with Crippen LogP contribution in [0, 0.1) is 0 Å². The highest BCUT2D eigenvalue weighted by Gasteiger charge is 2.26. The summed E-state index contributed by atoms with van der Waals surface area (Å²) in [6.45, 7) is 5.07. The summed E-state index contributed by atoms with van der Waals surface area (Å²) < 4.78 is 22.1. The fourth-order valence-corrected chi connectivity index (χ4v) is 2.29. The van der Waals surface area contributed by atoms with Gasteiger partial charge in [0.2, 0.25) is 0 Å². The second-order valence-corrected chi connectivity index (χ2v) is 7.85. The number of hydrogen-bond donors (Lipinski definition) is 3. The van der Waals surface area contributed by atoms with Crippen molar-refractivity contribution in [2.45, 2.75) is 38.8 Å². The fraction of sp³-hybridized carbons (Fsp3) is 0.833. The highest BCUT2D eigenvalue weighted by Crippen LogP contribution is 2.06. The zero-order valence-electron chi connectivity index (χ0n) is 12.8. The molecule has 21 heavy (non-hydrogen) atoms. The maximum Gasteiger partial charge on any atom is 0.326 e. The van der Waals surface area contributed by atoms with Gasteiger partial charge in [-0.2, -0.15) is 0 Å². The van der Waals surface area contributed by atoms with E-state index in [0.29, 0.717) is 0 Å². The molecule has 0 aliphatic heterocycles. The number of sulfone groups is 1. The van der Waals surface area contributed by atoms with Gasteiger partial charge < -0.3 is 20.4 Å². The van der Waals surface area contributed by atoms with E-state index in [-0.39, 0.29) is 25.3 Å². The van der Waals surface area contributed by atoms with E-state index in [2.05, 4.69) is 5.32 Å². The number of aliphatic hydroxyl groups is 1. The van der Waals surface area contributed by atoms with Crippen molar-refractivity contribution in [1.29, 1.82) is 0 Å². The number of likely N-dealkylation sites (N-methyl/N-ethyl adjacent to an activating group) is 1. The zero-order valence-corrected chi connectivity index (χ0v) is 13.6. The molecule has 0 saturated heterocycles. The number of carbonyl (C=O) groups is 2. The van der Waals surface area contributed by atoms with Crippen molar-refractivity contribution in [1.82, 2.24) is 10.2 Å². The molecule has 0 fully saturated rings. The van der Waals surface area contributed by atoms with Crippen LogP contribution in [0.1, 0.15) is 27.2 Å². The molecule has 3 N–H and O–H groups in total. The molecule has 0 heterocycles. The maximum absolute atomic E-state index is 12.0. The second kappa shape index (κ2) is 7.60. The zero-order chi connectivity index (χ0) is 16.8. The van der Waals surface area contributed by atoms with Gasteiger partial charge in [0.1, 0.15) is 15.9 Å². The molecule has 0 rings (SSSR count). The van der Waals surface area contributed by atoms with Crippen LogP contribution in [-0.2, 0) is 14.6 Å². The summed E-state index contributed by atoms with van der Waals surface area (Å²) in [6.07, 6.45) is 0.792. The van der Waals surface area contributed by atoms with Crippen molar-refractivity contribution in [2.24, 2.45) is 0 Å². The van der Waals surface area contributed by atoms with Gasteiger partial charge in [0.05, 0.1) is 17.9 Å². The number of nitrogens with one attached hydrogen (secondary N) is 1. The van der Waals surface area contributed by atoms with Crippen LogP contribution < -0.4 is 5.32 Å². The largest absolute Gasteiger partial charge is 0.480 e. The summed E-state index contributed by atoms with van der Waals surface area (Å²) in [5.41, 5.74) is -1.11. The third-order valence-corrected chi connectivity index (χ3v) is 3.60. The van der Waals surface area contributed by atoms with Crippen LogP contribution in [-0.4, -0.2) is 72.3 Å². The van der Waals surface area contributed by atoms with Crippen LogP contribution in [0.4, 0.5) is 4.79 Å². The first-order valence-electron chi connectivity index (χ1n) is 6.54. The number of aliphatic carboxylic acids is 1. The molecule has 0 aromatic carbocycles. The Labute approximate surface area is 125 Å². The molecule has 0 bridgehead atoms. The minimum absolute atomic E-state index is 0.0355. The minimum Gasteiger partial charge on any atom is -0.480 e. The Morgan fingerprint density at radius 2 is 1.86 bits per heavy atom. The fourth-order valence-electron chi connectivity index (χ4n) is 1.62. The molecular formula is C12H24N2O6S. The number of rotatable bonds is 8. The first-order valence-corrected chi connectivity index (χ1v) is 8.60. The van der Waals surface area contributed by atoms with E-state index in [1.54, 1.807) is 6.92 Å². The molecular weight excluding hydrogens is 300 g/mol. The Kier molecular flexibility index (Phi) is 7.11. The average molecular weight is 324 g/mol. The molecule has 8 nitrogen and oxygen atoms in total. The molecule has 0 radical (unpaired) electrons. The molecule has 1 unspecified atom stereocenters. The highest BCUT2D eigenvalue weighted by atomic mass is 32.2. The van der Waals surface area contributed by atoms with Gasteiger partial charge in [0.25, 0.3) is 0 Å². The van der Waals surface area contributed by atoms with E-state index in [9.17, 15) is 23.1 Å². The van der Waals surface area contributed by atoms with Gasteiger partial charge in [-0.05, 0) is 27.2 Å². The lowest BCUT2D eigenvalue weighted by Crippen LogP contribution is -2.51. The van der Waals surface area contributed by atoms with E-state index in [1.807, 2.05) is 0 Å². The molecule has 2 amide bonds. The third-order valence-electron chi connectivity index (χ3n) is 2.62. The first kappa shape index (κ1) is 19.7. The normalized spacial score (nSPS) is 13.6. The van der Waals surface area contributed by atoms with Crippen LogP contribution in [0.5, 0.6) is 0 Å². The average Bonchev–Trinajstić information content (AvgIpc) is 2.28. The second-order valence-electron chi connectivity index (χ2n) is 5.59. The van der Waals surface area contributed by atoms with E-state index >= 15 is 0 Å². The van der Waals surface area contributed by atoms with Crippen molar-refractivity contribution >= 4 is 21.8 Å². The number of carbonyl (C=O) groups excluding carboxylic acids is 1. The Hall–Kier alpha value is -1.35. The van der Waals surface area contributed by atoms with E-state index in [0.717, 1.165) is 6.26 Å². The number of hydrogen-bond acceptors (Lipinski definition) is 5. The van der Waals surface area contributed by atoms with Gasteiger partial charge in [0, 0.05) is 12.8 Å². The molecule has 0 aromatic rings. The molecule has 9 heteroatoms. The number of nitrogens with zero attached hydrogens (tertiary/aromatic N) is 1. The van der Waals surface area contributed by atoms with E-state index < -0.39 is 33.5 Å². The topological polar surface area (TPSA) is 124 Å². The standard InChI is InChI=1S/C12H24N2O6S/c1-5-14(8-12(2,3)18)11(17)13-9(10(15)16)6-7-21(4,19)20/h9,18H,5-8H2,1-4H3,(H,13,17)(H,15,16). The lowest BCUT2D eigenvalue weighted by atomic mass is 10.1. The quantitative estimate of drug-likeness (QED) is 0.562. The maximum atomic E-state index is 12.0. The van der Waals surface area contributed by atoms with Gasteiger partial charge in [0.15, 0.2) is 0 Å². The predicted molar refractivity (Wildman–Crippen MR) is 77.8 cm³/mol. The van der Waals surface area contributed by atoms with Crippen LogP contribution in [0.25, 0.3) is 0 Å². The van der Waals surface area contributed by atoms with Crippen molar-refractivity contribution in [3.63, 3.8) is 0 Å². The summed E-state index contributed by atoms with van der Waals surface area (Å²) in [5.74, 6) is -1.63. The highest BCUT2D eigenvalue weighted by molar-refractivity contribution is 7.90. The Balaban J connectivity index is 4.76. The number of urea groups is 1. The molecule has 1 atom stereocenters. The van der Waals surface area contributed by atoms with Crippen LogP contribution in [0.2, 0.25) is 0 Å². The van der Waals surface area contributed by atoms with Gasteiger partial charge in [-0.1, -0.05) is 0 Å². The van der Waals surface area contributed by atoms with Gasteiger partial charge in [-0.25, -0.2) is 18.0 Å². The monoisotopic (exact) mass is 324 g/mol. The van der Waals surface area contributed by atoms with Gasteiger partial charge in [-0.15, -0.1) is 0 Å². The number of carboxylic acid groups (broad SMARTS) is 1. The molecule has 124 valence electrons. The van der Waals surface area contributed by atoms with Crippen LogP contribution in [0.3, 0.4) is 0 Å². The Bertz CT molecular complexity index is 469. The van der Waals surface area contributed by atoms with Gasteiger partial charge >= 0.3 is 12.0 Å². The molecule has 0 spiro atoms. The summed E-state index contributed by atoms with van der Waals surface area (Å²) >= 11 is 0. The summed E-state index contributed by atoms with van der Waals surface area (Å²) in [5, 5.41) is 21.0. The number of amides is 2. The number of carboxylic acids is 1. The Morgan fingerprint density at radius 3 is 2.19 bits per heavy atom. The lowest BCUT2D eigenvalue weighted by molar-refractivity contribution is -0.139. The molecule has 0 aliphatic rings. The van der Waals surface area contributed by atoms with Gasteiger partial charge in [-0.3, -0.25) is 0 Å². The summed E-state index contributed by atoms with van der Waals surface area (Å²) in [4.78, 5) is 24.3. The molecule has 0 aromatic heterocycles. The lowest BCUT2D eigenvalue weighted by Gasteiger charge is -2.29. The van der Waals surface area contributed by atoms with E-state index in [1.165, 1.54) is 18.7 Å². The van der Waals surface area contributed by atoms with Crippen LogP contribution in [0.15, 0.2) is 0 Å². The third kappa shape index (κ3) is 9.24. The minimum atomic E-state index is -3.31. The van der Waals surface area contributed by atoms with Crippen molar-refractivity contribution in [2.75, 3.05) is 25.1 Å². The summed E-state index contributed by atoms with van der Waals surface area (Å²) in [6, 6.07) is -1.94. The molecule has 0 saturated carbocycles. The van der Waals surface area contributed by atoms with Crippen LogP contribution >= 0.6 is 0 Å². The first-order chi connectivity index (χ1) is 9.35. The van der Waals surface area contributed by atoms with Crippen molar-refractivity contribution < 1.29 is 28.2 Å². The smallest absolute Gasteiger partial charge is 0.326 e. The van der Waals surface area contributed by atoms with Crippen molar-refractivity contribution in [3.8, 4) is 0 Å². The predicted octanol–water partition coefficient (Wildman–Crippen LogP) is -0.323. The SMILES string of the molecule is CCN(CC(C)(C)O)C(=O)NC(CCS(C)(=O)=O)C(=O)O. The van der Waals surface area contributed by atoms with E-state index in [4.69, 9.17) is 5.11 Å². The Morgan fingerprint density at radius 1 is 1.33 bits per heavy atom.